The molecule has 136 valence electrons. The zero-order chi connectivity index (χ0) is 18.4. The van der Waals surface area contributed by atoms with Crippen LogP contribution in [-0.4, -0.2) is 29.8 Å². The summed E-state index contributed by atoms with van der Waals surface area (Å²) in [6.07, 6.45) is 5.94. The molecular formula is C19H23ClFNO3. The average Bonchev–Trinajstić information content (AvgIpc) is 2.58. The summed E-state index contributed by atoms with van der Waals surface area (Å²) in [6.45, 7) is 1.90. The van der Waals surface area contributed by atoms with E-state index < -0.39 is 12.1 Å². The zero-order valence-electron chi connectivity index (χ0n) is 14.1. The van der Waals surface area contributed by atoms with Crippen LogP contribution in [0.2, 0.25) is 5.02 Å². The molecule has 3 N–H and O–H groups in total. The number of esters is 1. The monoisotopic (exact) mass is 367 g/mol. The minimum absolute atomic E-state index is 0.0659. The van der Waals surface area contributed by atoms with Crippen molar-refractivity contribution in [3.63, 3.8) is 0 Å². The van der Waals surface area contributed by atoms with Crippen molar-refractivity contribution in [2.24, 2.45) is 5.73 Å². The van der Waals surface area contributed by atoms with E-state index in [1.165, 1.54) is 12.1 Å². The Hall–Kier alpha value is -1.69. The van der Waals surface area contributed by atoms with Gasteiger partial charge >= 0.3 is 5.97 Å². The normalized spacial score (nSPS) is 19.2. The lowest BCUT2D eigenvalue weighted by atomic mass is 9.88. The van der Waals surface area contributed by atoms with Crippen LogP contribution in [-0.2, 0) is 9.53 Å². The van der Waals surface area contributed by atoms with Gasteiger partial charge in [-0.3, -0.25) is 0 Å². The first-order valence-corrected chi connectivity index (χ1v) is 8.71. The number of hydrogen-bond acceptors (Lipinski definition) is 4. The van der Waals surface area contributed by atoms with Crippen LogP contribution in [0.15, 0.2) is 42.0 Å². The number of nitrogens with two attached hydrogens (primary N) is 1. The van der Waals surface area contributed by atoms with E-state index in [4.69, 9.17) is 22.1 Å². The Morgan fingerprint density at radius 1 is 1.52 bits per heavy atom. The Bertz CT molecular complexity index is 675. The number of benzene rings is 1. The molecule has 3 atom stereocenters. The summed E-state index contributed by atoms with van der Waals surface area (Å²) in [7, 11) is 0. The van der Waals surface area contributed by atoms with E-state index >= 15 is 0 Å². The van der Waals surface area contributed by atoms with E-state index in [0.717, 1.165) is 5.57 Å². The van der Waals surface area contributed by atoms with Crippen LogP contribution in [0.5, 0.6) is 0 Å². The third kappa shape index (κ3) is 5.66. The highest BCUT2D eigenvalue weighted by Crippen LogP contribution is 2.31. The van der Waals surface area contributed by atoms with Crippen LogP contribution in [0, 0.1) is 5.82 Å². The second kappa shape index (κ2) is 9.13. The summed E-state index contributed by atoms with van der Waals surface area (Å²) >= 11 is 5.95. The summed E-state index contributed by atoms with van der Waals surface area (Å²) in [4.78, 5) is 11.4. The fourth-order valence-corrected chi connectivity index (χ4v) is 3.03. The van der Waals surface area contributed by atoms with Gasteiger partial charge < -0.3 is 15.6 Å². The lowest BCUT2D eigenvalue weighted by molar-refractivity contribution is -0.153. The molecule has 0 aliphatic heterocycles. The van der Waals surface area contributed by atoms with Crippen LogP contribution >= 0.6 is 11.6 Å². The van der Waals surface area contributed by atoms with Crippen molar-refractivity contribution in [2.75, 3.05) is 6.61 Å². The number of carbonyl (C=O) groups is 1. The maximum absolute atomic E-state index is 13.9. The number of carbonyl (C=O) groups excluding carboxylic acids is 1. The Morgan fingerprint density at radius 2 is 2.28 bits per heavy atom. The first-order valence-electron chi connectivity index (χ1n) is 8.33. The topological polar surface area (TPSA) is 72.5 Å². The number of aliphatic hydroxyl groups is 1. The number of rotatable bonds is 7. The van der Waals surface area contributed by atoms with Gasteiger partial charge in [0, 0.05) is 17.0 Å². The summed E-state index contributed by atoms with van der Waals surface area (Å²) in [5.41, 5.74) is 7.58. The molecule has 6 heteroatoms. The van der Waals surface area contributed by atoms with Crippen molar-refractivity contribution >= 4 is 17.6 Å². The van der Waals surface area contributed by atoms with Crippen molar-refractivity contribution in [3.8, 4) is 0 Å². The highest BCUT2D eigenvalue weighted by atomic mass is 35.5. The van der Waals surface area contributed by atoms with Gasteiger partial charge in [0.2, 0.25) is 0 Å². The van der Waals surface area contributed by atoms with Crippen molar-refractivity contribution in [3.05, 3.63) is 58.4 Å². The van der Waals surface area contributed by atoms with Gasteiger partial charge in [-0.05, 0) is 49.9 Å². The highest BCUT2D eigenvalue weighted by Gasteiger charge is 2.21. The molecule has 0 fully saturated rings. The van der Waals surface area contributed by atoms with Gasteiger partial charge in [-0.2, -0.15) is 0 Å². The minimum Gasteiger partial charge on any atom is -0.464 e. The molecule has 0 bridgehead atoms. The highest BCUT2D eigenvalue weighted by molar-refractivity contribution is 6.30. The van der Waals surface area contributed by atoms with E-state index in [9.17, 15) is 14.3 Å². The molecule has 0 saturated heterocycles. The van der Waals surface area contributed by atoms with Gasteiger partial charge in [0.15, 0.2) is 6.10 Å². The Labute approximate surface area is 152 Å². The number of halogens is 2. The molecule has 4 nitrogen and oxygen atoms in total. The lowest BCUT2D eigenvalue weighted by Gasteiger charge is -2.20. The zero-order valence-corrected chi connectivity index (χ0v) is 14.9. The predicted molar refractivity (Wildman–Crippen MR) is 95.8 cm³/mol. The van der Waals surface area contributed by atoms with Gasteiger partial charge in [-0.1, -0.05) is 35.4 Å². The van der Waals surface area contributed by atoms with Crippen LogP contribution < -0.4 is 5.73 Å². The van der Waals surface area contributed by atoms with Gasteiger partial charge in [0.1, 0.15) is 5.82 Å². The predicted octanol–water partition coefficient (Wildman–Crippen LogP) is 3.48. The molecule has 1 unspecified atom stereocenters. The van der Waals surface area contributed by atoms with E-state index in [0.29, 0.717) is 23.4 Å². The third-order valence-corrected chi connectivity index (χ3v) is 4.35. The molecule has 25 heavy (non-hydrogen) atoms. The number of allylic oxidation sites excluding steroid dienone is 3. The first kappa shape index (κ1) is 19.6. The molecule has 1 aromatic carbocycles. The molecule has 0 aromatic heterocycles. The molecule has 1 aliphatic rings. The fraction of sp³-hybridized carbons (Fsp3) is 0.421. The Balaban J connectivity index is 1.90. The van der Waals surface area contributed by atoms with Gasteiger partial charge in [-0.15, -0.1) is 0 Å². The number of ether oxygens (including phenoxy) is 1. The SMILES string of the molecule is CCOC(=O)[C@H](O)C[C@H](N)CC1=CCC(c2cc(Cl)ccc2F)C=C1. The largest absolute Gasteiger partial charge is 0.464 e. The molecular weight excluding hydrogens is 345 g/mol. The fourth-order valence-electron chi connectivity index (χ4n) is 2.85. The summed E-state index contributed by atoms with van der Waals surface area (Å²) in [6, 6.07) is 4.18. The van der Waals surface area contributed by atoms with Crippen molar-refractivity contribution < 1.29 is 19.0 Å². The van der Waals surface area contributed by atoms with Crippen molar-refractivity contribution in [1.29, 1.82) is 0 Å². The van der Waals surface area contributed by atoms with E-state index in [-0.39, 0.29) is 30.8 Å². The molecule has 1 aliphatic carbocycles. The molecule has 0 saturated carbocycles. The average molecular weight is 368 g/mol. The summed E-state index contributed by atoms with van der Waals surface area (Å²) < 4.78 is 18.7. The molecule has 0 spiro atoms. The minimum atomic E-state index is -1.21. The molecule has 0 radical (unpaired) electrons. The van der Waals surface area contributed by atoms with Crippen LogP contribution in [0.3, 0.4) is 0 Å². The second-order valence-corrected chi connectivity index (χ2v) is 6.55. The van der Waals surface area contributed by atoms with Gasteiger partial charge in [0.05, 0.1) is 6.61 Å². The van der Waals surface area contributed by atoms with E-state index in [1.54, 1.807) is 13.0 Å². The summed E-state index contributed by atoms with van der Waals surface area (Å²) in [5, 5.41) is 10.3. The number of hydrogen-bond donors (Lipinski definition) is 2. The quantitative estimate of drug-likeness (QED) is 0.724. The van der Waals surface area contributed by atoms with Crippen LogP contribution in [0.25, 0.3) is 0 Å². The molecule has 0 heterocycles. The van der Waals surface area contributed by atoms with Crippen LogP contribution in [0.4, 0.5) is 4.39 Å². The van der Waals surface area contributed by atoms with Crippen molar-refractivity contribution in [1.82, 2.24) is 0 Å². The van der Waals surface area contributed by atoms with Gasteiger partial charge in [-0.25, -0.2) is 9.18 Å². The van der Waals surface area contributed by atoms with E-state index in [2.05, 4.69) is 0 Å². The third-order valence-electron chi connectivity index (χ3n) is 4.12. The standard InChI is InChI=1S/C19H23ClFNO3/c1-2-25-19(24)18(23)11-15(22)9-12-3-5-13(6-4-12)16-10-14(20)7-8-17(16)21/h3-5,7-8,10,13,15,18,23H,2,6,9,11,22H2,1H3/t13?,15-,18-/m1/s1. The molecule has 2 rings (SSSR count). The van der Waals surface area contributed by atoms with Crippen molar-refractivity contribution in [2.45, 2.75) is 44.2 Å². The first-order chi connectivity index (χ1) is 11.9. The van der Waals surface area contributed by atoms with Gasteiger partial charge in [0.25, 0.3) is 0 Å². The second-order valence-electron chi connectivity index (χ2n) is 6.11. The Morgan fingerprint density at radius 3 is 2.92 bits per heavy atom. The number of aliphatic hydroxyl groups excluding tert-OH is 1. The van der Waals surface area contributed by atoms with Crippen LogP contribution in [0.1, 0.15) is 37.7 Å². The lowest BCUT2D eigenvalue weighted by Crippen LogP contribution is -2.32. The molecule has 0 amide bonds. The Kier molecular flexibility index (Phi) is 7.17. The smallest absolute Gasteiger partial charge is 0.335 e. The summed E-state index contributed by atoms with van der Waals surface area (Å²) in [5.74, 6) is -0.989. The molecule has 1 aromatic rings. The maximum atomic E-state index is 13.9. The maximum Gasteiger partial charge on any atom is 0.335 e. The van der Waals surface area contributed by atoms with E-state index in [1.807, 2.05) is 18.2 Å².